The summed E-state index contributed by atoms with van der Waals surface area (Å²) in [5.74, 6) is 0.290. The molecule has 1 saturated carbocycles. The molecule has 0 radical (unpaired) electrons. The normalized spacial score (nSPS) is 22.9. The number of nitrogens with one attached hydrogen (secondary N) is 2. The molecule has 5 N–H and O–H groups in total. The van der Waals surface area contributed by atoms with Gasteiger partial charge in [0.2, 0.25) is 5.91 Å². The number of carbonyl (C=O) groups is 3. The Morgan fingerprint density at radius 1 is 1.16 bits per heavy atom. The maximum absolute atomic E-state index is 12.6. The van der Waals surface area contributed by atoms with E-state index in [4.69, 9.17) is 5.73 Å². The van der Waals surface area contributed by atoms with Crippen LogP contribution in [0, 0.1) is 17.8 Å². The van der Waals surface area contributed by atoms with Gasteiger partial charge in [0.25, 0.3) is 11.8 Å². The Kier molecular flexibility index (Phi) is 6.34. The Morgan fingerprint density at radius 2 is 1.92 bits per heavy atom. The fourth-order valence-electron chi connectivity index (χ4n) is 5.88. The summed E-state index contributed by atoms with van der Waals surface area (Å²) in [6, 6.07) is 5.59. The molecule has 2 aliphatic rings. The number of aliphatic hydroxyl groups is 1. The fraction of sp³-hybridized carbons (Fsp3) is 0.444. The van der Waals surface area contributed by atoms with E-state index in [0.29, 0.717) is 47.5 Å². The largest absolute Gasteiger partial charge is 0.381 e. The Morgan fingerprint density at radius 3 is 2.53 bits per heavy atom. The lowest BCUT2D eigenvalue weighted by Crippen LogP contribution is -2.45. The third-order valence-corrected chi connectivity index (χ3v) is 7.80. The van der Waals surface area contributed by atoms with Crippen molar-refractivity contribution in [2.24, 2.45) is 23.5 Å². The molecule has 0 aromatic carbocycles. The molecule has 200 valence electrons. The fourth-order valence-corrected chi connectivity index (χ4v) is 5.88. The van der Waals surface area contributed by atoms with Crippen molar-refractivity contribution in [1.82, 2.24) is 19.5 Å². The summed E-state index contributed by atoms with van der Waals surface area (Å²) < 4.78 is 1.70. The van der Waals surface area contributed by atoms with Gasteiger partial charge in [-0.05, 0) is 56.2 Å². The van der Waals surface area contributed by atoms with Crippen molar-refractivity contribution in [3.05, 3.63) is 42.4 Å². The minimum Gasteiger partial charge on any atom is -0.381 e. The highest BCUT2D eigenvalue weighted by molar-refractivity contribution is 6.02. The number of fused-ring (bicyclic) bond motifs is 2. The molecule has 4 atom stereocenters. The molecule has 0 bridgehead atoms. The first-order chi connectivity index (χ1) is 17.9. The van der Waals surface area contributed by atoms with Crippen LogP contribution in [0.1, 0.15) is 44.5 Å². The van der Waals surface area contributed by atoms with Crippen molar-refractivity contribution >= 4 is 34.7 Å². The summed E-state index contributed by atoms with van der Waals surface area (Å²) in [5, 5.41) is 20.8. The van der Waals surface area contributed by atoms with E-state index in [2.05, 4.69) is 27.6 Å². The highest BCUT2D eigenvalue weighted by Gasteiger charge is 2.48. The van der Waals surface area contributed by atoms with E-state index in [1.165, 1.54) is 27.0 Å². The molecule has 11 heteroatoms. The molecular weight excluding hydrogens is 486 g/mol. The molecule has 11 nitrogen and oxygen atoms in total. The number of likely N-dealkylation sites (tertiary alicyclic amines) is 1. The second-order valence-corrected chi connectivity index (χ2v) is 11.0. The predicted molar refractivity (Wildman–Crippen MR) is 142 cm³/mol. The molecule has 38 heavy (non-hydrogen) atoms. The van der Waals surface area contributed by atoms with Crippen molar-refractivity contribution in [2.75, 3.05) is 23.7 Å². The summed E-state index contributed by atoms with van der Waals surface area (Å²) in [5.41, 5.74) is 7.68. The second kappa shape index (κ2) is 9.39. The van der Waals surface area contributed by atoms with E-state index in [0.717, 1.165) is 17.5 Å². The van der Waals surface area contributed by atoms with Crippen LogP contribution >= 0.6 is 0 Å². The van der Waals surface area contributed by atoms with Crippen LogP contribution in [0.15, 0.2) is 36.8 Å². The standard InChI is InChI=1S/C27H33N7O4/c1-14-20-13-33(26(37)27(3,4)38)11-18(20)7-21(14)32-24-19(25(28)36)10-30-34-12-17(8-22(24)34)16-5-6-23(29-9-16)31-15(2)35/h5-6,8-10,12,14,18,20-21,32,38H,7,11,13H2,1-4H3,(H2,28,36)(H,29,31,35)/t14-,18+,20-,21+/m0/s1. The topological polar surface area (TPSA) is 155 Å². The third-order valence-electron chi connectivity index (χ3n) is 7.80. The maximum Gasteiger partial charge on any atom is 0.253 e. The van der Waals surface area contributed by atoms with E-state index in [1.807, 2.05) is 18.3 Å². The molecular formula is C27H33N7O4. The molecule has 1 aliphatic carbocycles. The van der Waals surface area contributed by atoms with Gasteiger partial charge in [0, 0.05) is 49.6 Å². The minimum atomic E-state index is -1.38. The lowest BCUT2D eigenvalue weighted by molar-refractivity contribution is -0.147. The van der Waals surface area contributed by atoms with Gasteiger partial charge in [-0.1, -0.05) is 6.92 Å². The van der Waals surface area contributed by atoms with Gasteiger partial charge >= 0.3 is 0 Å². The number of anilines is 2. The van der Waals surface area contributed by atoms with Gasteiger partial charge in [-0.2, -0.15) is 5.10 Å². The number of nitrogens with two attached hydrogens (primary N) is 1. The monoisotopic (exact) mass is 519 g/mol. The van der Waals surface area contributed by atoms with Crippen molar-refractivity contribution < 1.29 is 19.5 Å². The molecule has 3 amide bonds. The summed E-state index contributed by atoms with van der Waals surface area (Å²) in [7, 11) is 0. The van der Waals surface area contributed by atoms with E-state index >= 15 is 0 Å². The van der Waals surface area contributed by atoms with Crippen molar-refractivity contribution in [3.63, 3.8) is 0 Å². The summed E-state index contributed by atoms with van der Waals surface area (Å²) >= 11 is 0. The molecule has 3 aromatic rings. The number of amides is 3. The van der Waals surface area contributed by atoms with Gasteiger partial charge in [0.1, 0.15) is 11.4 Å². The van der Waals surface area contributed by atoms with Gasteiger partial charge < -0.3 is 26.4 Å². The smallest absolute Gasteiger partial charge is 0.253 e. The van der Waals surface area contributed by atoms with E-state index in [-0.39, 0.29) is 23.8 Å². The quantitative estimate of drug-likeness (QED) is 0.389. The van der Waals surface area contributed by atoms with Crippen LogP contribution in [0.3, 0.4) is 0 Å². The first kappa shape index (κ1) is 25.7. The Balaban J connectivity index is 1.41. The minimum absolute atomic E-state index is 0.0747. The number of rotatable bonds is 6. The zero-order valence-electron chi connectivity index (χ0n) is 21.9. The first-order valence-electron chi connectivity index (χ1n) is 12.8. The number of carbonyl (C=O) groups excluding carboxylic acids is 3. The lowest BCUT2D eigenvalue weighted by Gasteiger charge is -2.28. The summed E-state index contributed by atoms with van der Waals surface area (Å²) in [6.45, 7) is 7.86. The maximum atomic E-state index is 12.6. The van der Waals surface area contributed by atoms with E-state index < -0.39 is 11.5 Å². The molecule has 0 unspecified atom stereocenters. The molecule has 1 saturated heterocycles. The number of aromatic nitrogens is 3. The van der Waals surface area contributed by atoms with Crippen molar-refractivity contribution in [1.29, 1.82) is 0 Å². The average molecular weight is 520 g/mol. The van der Waals surface area contributed by atoms with Gasteiger partial charge in [-0.15, -0.1) is 0 Å². The third kappa shape index (κ3) is 4.69. The number of hydrogen-bond acceptors (Lipinski definition) is 7. The lowest BCUT2D eigenvalue weighted by atomic mass is 9.93. The average Bonchev–Trinajstić information content (AvgIpc) is 3.53. The SMILES string of the molecule is CC(=O)Nc1ccc(-c2cc3c(N[C@@H]4C[C@@H]5CN(C(=O)C(C)(C)O)C[C@H]5[C@@H]4C)c(C(N)=O)cnn3c2)cn1. The van der Waals surface area contributed by atoms with Crippen LogP contribution in [-0.2, 0) is 9.59 Å². The number of primary amides is 1. The first-order valence-corrected chi connectivity index (χ1v) is 12.8. The zero-order valence-corrected chi connectivity index (χ0v) is 21.9. The van der Waals surface area contributed by atoms with Crippen LogP contribution in [0.4, 0.5) is 11.5 Å². The summed E-state index contributed by atoms with van der Waals surface area (Å²) in [6.07, 6.45) is 5.83. The summed E-state index contributed by atoms with van der Waals surface area (Å²) in [4.78, 5) is 42.3. The van der Waals surface area contributed by atoms with Crippen LogP contribution in [0.2, 0.25) is 0 Å². The Hall–Kier alpha value is -3.99. The predicted octanol–water partition coefficient (Wildman–Crippen LogP) is 2.12. The molecule has 3 aromatic heterocycles. The van der Waals surface area contributed by atoms with Crippen LogP contribution < -0.4 is 16.4 Å². The second-order valence-electron chi connectivity index (χ2n) is 11.0. The van der Waals surface area contributed by atoms with Gasteiger partial charge in [-0.3, -0.25) is 14.4 Å². The highest BCUT2D eigenvalue weighted by Crippen LogP contribution is 2.44. The molecule has 5 rings (SSSR count). The van der Waals surface area contributed by atoms with Crippen LogP contribution in [0.25, 0.3) is 16.6 Å². The van der Waals surface area contributed by atoms with Gasteiger partial charge in [0.05, 0.1) is 23.0 Å². The van der Waals surface area contributed by atoms with Crippen molar-refractivity contribution in [2.45, 2.75) is 45.8 Å². The molecule has 2 fully saturated rings. The number of nitrogens with zero attached hydrogens (tertiary/aromatic N) is 4. The molecule has 1 aliphatic heterocycles. The van der Waals surface area contributed by atoms with Gasteiger partial charge in [-0.25, -0.2) is 9.50 Å². The van der Waals surface area contributed by atoms with Crippen LogP contribution in [-0.4, -0.2) is 67.1 Å². The molecule has 4 heterocycles. The van der Waals surface area contributed by atoms with Gasteiger partial charge in [0.15, 0.2) is 0 Å². The van der Waals surface area contributed by atoms with E-state index in [9.17, 15) is 19.5 Å². The Bertz CT molecular complexity index is 1410. The number of hydrogen-bond donors (Lipinski definition) is 4. The van der Waals surface area contributed by atoms with Crippen molar-refractivity contribution in [3.8, 4) is 11.1 Å². The number of pyridine rings is 1. The van der Waals surface area contributed by atoms with E-state index in [1.54, 1.807) is 21.7 Å². The Labute approximate surface area is 220 Å². The van der Waals surface area contributed by atoms with Crippen LogP contribution in [0.5, 0.6) is 0 Å². The highest BCUT2D eigenvalue weighted by atomic mass is 16.3. The zero-order chi connectivity index (χ0) is 27.4. The molecule has 0 spiro atoms.